The van der Waals surface area contributed by atoms with Gasteiger partial charge in [0.15, 0.2) is 9.84 Å². The maximum Gasteiger partial charge on any atom is 0.416 e. The van der Waals surface area contributed by atoms with E-state index in [1.54, 1.807) is 6.92 Å². The van der Waals surface area contributed by atoms with Crippen LogP contribution in [-0.2, 0) is 16.0 Å². The minimum atomic E-state index is -4.45. The summed E-state index contributed by atoms with van der Waals surface area (Å²) < 4.78 is 62.3. The Balaban J connectivity index is 2.58. The zero-order valence-electron chi connectivity index (χ0n) is 12.0. The van der Waals surface area contributed by atoms with Crippen molar-refractivity contribution in [1.29, 1.82) is 0 Å². The number of sulfone groups is 1. The van der Waals surface area contributed by atoms with E-state index in [1.807, 2.05) is 0 Å². The number of hydrogen-bond donors (Lipinski definition) is 0. The standard InChI is InChI=1S/C15H14F3NO2S/c1-3-22(20,21)14-8-12(9-19-10(14)2)11-5-4-6-13(7-11)15(16,17)18/h4-9H,3H2,1-2H3. The number of nitrogens with zero attached hydrogens (tertiary/aromatic N) is 1. The predicted molar refractivity (Wildman–Crippen MR) is 77.1 cm³/mol. The Labute approximate surface area is 126 Å². The lowest BCUT2D eigenvalue weighted by molar-refractivity contribution is -0.137. The van der Waals surface area contributed by atoms with Crippen molar-refractivity contribution in [2.24, 2.45) is 0 Å². The smallest absolute Gasteiger partial charge is 0.260 e. The molecule has 1 aromatic heterocycles. The highest BCUT2D eigenvalue weighted by Crippen LogP contribution is 2.32. The lowest BCUT2D eigenvalue weighted by Crippen LogP contribution is -2.07. The lowest BCUT2D eigenvalue weighted by Gasteiger charge is -2.11. The van der Waals surface area contributed by atoms with Gasteiger partial charge in [0, 0.05) is 11.8 Å². The number of hydrogen-bond acceptors (Lipinski definition) is 3. The van der Waals surface area contributed by atoms with Gasteiger partial charge in [-0.2, -0.15) is 13.2 Å². The second-order valence-corrected chi connectivity index (χ2v) is 7.04. The van der Waals surface area contributed by atoms with Crippen LogP contribution in [0, 0.1) is 6.92 Å². The topological polar surface area (TPSA) is 47.0 Å². The molecule has 0 amide bonds. The van der Waals surface area contributed by atoms with E-state index in [9.17, 15) is 21.6 Å². The molecule has 0 fully saturated rings. The van der Waals surface area contributed by atoms with Crippen molar-refractivity contribution in [3.63, 3.8) is 0 Å². The summed E-state index contributed by atoms with van der Waals surface area (Å²) in [6, 6.07) is 6.09. The second-order valence-electron chi connectivity index (χ2n) is 4.79. The van der Waals surface area contributed by atoms with Gasteiger partial charge in [-0.15, -0.1) is 0 Å². The molecule has 2 rings (SSSR count). The van der Waals surface area contributed by atoms with Crippen LogP contribution < -0.4 is 0 Å². The van der Waals surface area contributed by atoms with Crippen molar-refractivity contribution < 1.29 is 21.6 Å². The average molecular weight is 329 g/mol. The fourth-order valence-electron chi connectivity index (χ4n) is 2.02. The molecule has 0 N–H and O–H groups in total. The molecule has 0 atom stereocenters. The van der Waals surface area contributed by atoms with Gasteiger partial charge < -0.3 is 0 Å². The largest absolute Gasteiger partial charge is 0.416 e. The fourth-order valence-corrected chi connectivity index (χ4v) is 3.14. The van der Waals surface area contributed by atoms with Gasteiger partial charge >= 0.3 is 6.18 Å². The van der Waals surface area contributed by atoms with Gasteiger partial charge in [0.25, 0.3) is 0 Å². The van der Waals surface area contributed by atoms with Crippen LogP contribution in [0.5, 0.6) is 0 Å². The van der Waals surface area contributed by atoms with E-state index in [0.29, 0.717) is 11.3 Å². The highest BCUT2D eigenvalue weighted by Gasteiger charge is 2.30. The van der Waals surface area contributed by atoms with Crippen LogP contribution in [0.4, 0.5) is 13.2 Å². The van der Waals surface area contributed by atoms with E-state index in [1.165, 1.54) is 31.3 Å². The summed E-state index contributed by atoms with van der Waals surface area (Å²) in [5, 5.41) is 0. The van der Waals surface area contributed by atoms with Gasteiger partial charge in [-0.25, -0.2) is 8.42 Å². The molecule has 22 heavy (non-hydrogen) atoms. The Morgan fingerprint density at radius 2 is 1.82 bits per heavy atom. The fraction of sp³-hybridized carbons (Fsp3) is 0.267. The van der Waals surface area contributed by atoms with Crippen molar-refractivity contribution >= 4 is 9.84 Å². The summed E-state index contributed by atoms with van der Waals surface area (Å²) in [5.41, 5.74) is 0.154. The molecule has 1 aromatic carbocycles. The van der Waals surface area contributed by atoms with E-state index < -0.39 is 21.6 Å². The Morgan fingerprint density at radius 1 is 1.14 bits per heavy atom. The van der Waals surface area contributed by atoms with E-state index in [2.05, 4.69) is 4.98 Å². The summed E-state index contributed by atoms with van der Waals surface area (Å²) >= 11 is 0. The highest BCUT2D eigenvalue weighted by atomic mass is 32.2. The number of aromatic nitrogens is 1. The van der Waals surface area contributed by atoms with Crippen molar-refractivity contribution in [2.45, 2.75) is 24.9 Å². The zero-order chi connectivity index (χ0) is 16.5. The first-order chi connectivity index (χ1) is 10.1. The van der Waals surface area contributed by atoms with E-state index in [-0.39, 0.29) is 16.2 Å². The highest BCUT2D eigenvalue weighted by molar-refractivity contribution is 7.91. The summed E-state index contributed by atoms with van der Waals surface area (Å²) in [7, 11) is -3.48. The van der Waals surface area contributed by atoms with Crippen LogP contribution in [0.2, 0.25) is 0 Å². The van der Waals surface area contributed by atoms with E-state index >= 15 is 0 Å². The van der Waals surface area contributed by atoms with Gasteiger partial charge in [0.1, 0.15) is 0 Å². The second kappa shape index (κ2) is 5.72. The third-order valence-corrected chi connectivity index (χ3v) is 5.12. The van der Waals surface area contributed by atoms with Gasteiger partial charge in [-0.05, 0) is 30.7 Å². The molecule has 0 aliphatic heterocycles. The Hall–Kier alpha value is -1.89. The molecule has 0 aliphatic rings. The zero-order valence-corrected chi connectivity index (χ0v) is 12.8. The SMILES string of the molecule is CCS(=O)(=O)c1cc(-c2cccc(C(F)(F)F)c2)cnc1C. The van der Waals surface area contributed by atoms with Crippen molar-refractivity contribution in [2.75, 3.05) is 5.75 Å². The van der Waals surface area contributed by atoms with Crippen molar-refractivity contribution in [1.82, 2.24) is 4.98 Å². The van der Waals surface area contributed by atoms with Crippen LogP contribution in [0.15, 0.2) is 41.4 Å². The summed E-state index contributed by atoms with van der Waals surface area (Å²) in [6.07, 6.45) is -3.08. The van der Waals surface area contributed by atoms with E-state index in [0.717, 1.165) is 12.1 Å². The molecule has 2 aromatic rings. The van der Waals surface area contributed by atoms with Crippen LogP contribution in [-0.4, -0.2) is 19.2 Å². The third kappa shape index (κ3) is 3.30. The molecule has 7 heteroatoms. The van der Waals surface area contributed by atoms with Crippen LogP contribution >= 0.6 is 0 Å². The minimum absolute atomic E-state index is 0.0462. The first-order valence-corrected chi connectivity index (χ1v) is 8.17. The maximum atomic E-state index is 12.8. The average Bonchev–Trinajstić information content (AvgIpc) is 2.47. The summed E-state index contributed by atoms with van der Waals surface area (Å²) in [6.45, 7) is 3.06. The normalized spacial score (nSPS) is 12.4. The molecule has 0 aliphatic carbocycles. The molecule has 0 bridgehead atoms. The third-order valence-electron chi connectivity index (χ3n) is 3.28. The van der Waals surface area contributed by atoms with Gasteiger partial charge in [0.2, 0.25) is 0 Å². The number of rotatable bonds is 3. The number of halogens is 3. The Kier molecular flexibility index (Phi) is 4.28. The molecule has 3 nitrogen and oxygen atoms in total. The van der Waals surface area contributed by atoms with Crippen LogP contribution in [0.3, 0.4) is 0 Å². The predicted octanol–water partition coefficient (Wildman–Crippen LogP) is 3.87. The molecule has 0 radical (unpaired) electrons. The van der Waals surface area contributed by atoms with Crippen LogP contribution in [0.1, 0.15) is 18.2 Å². The molecule has 0 saturated heterocycles. The van der Waals surface area contributed by atoms with Crippen LogP contribution in [0.25, 0.3) is 11.1 Å². The number of benzene rings is 1. The number of aryl methyl sites for hydroxylation is 1. The Morgan fingerprint density at radius 3 is 2.41 bits per heavy atom. The first-order valence-electron chi connectivity index (χ1n) is 6.52. The Bertz CT molecular complexity index is 799. The number of pyridine rings is 1. The van der Waals surface area contributed by atoms with Gasteiger partial charge in [0.05, 0.1) is 21.9 Å². The molecule has 0 spiro atoms. The monoisotopic (exact) mass is 329 g/mol. The number of alkyl halides is 3. The summed E-state index contributed by atoms with van der Waals surface area (Å²) in [5.74, 6) is -0.0957. The minimum Gasteiger partial charge on any atom is -0.260 e. The first kappa shape index (κ1) is 16.5. The molecular formula is C15H14F3NO2S. The molecule has 0 unspecified atom stereocenters. The quantitative estimate of drug-likeness (QED) is 0.859. The van der Waals surface area contributed by atoms with Crippen molar-refractivity contribution in [3.8, 4) is 11.1 Å². The molecular weight excluding hydrogens is 315 g/mol. The lowest BCUT2D eigenvalue weighted by atomic mass is 10.0. The molecule has 0 saturated carbocycles. The van der Waals surface area contributed by atoms with Gasteiger partial charge in [-0.3, -0.25) is 4.98 Å². The molecule has 118 valence electrons. The summed E-state index contributed by atoms with van der Waals surface area (Å²) in [4.78, 5) is 4.05. The van der Waals surface area contributed by atoms with E-state index in [4.69, 9.17) is 0 Å². The maximum absolute atomic E-state index is 12.8. The van der Waals surface area contributed by atoms with Crippen molar-refractivity contribution in [3.05, 3.63) is 47.8 Å². The molecule has 1 heterocycles. The van der Waals surface area contributed by atoms with Gasteiger partial charge in [-0.1, -0.05) is 19.1 Å².